The van der Waals surface area contributed by atoms with Crippen molar-refractivity contribution < 1.29 is 82.3 Å². The Morgan fingerprint density at radius 3 is 2.28 bits per heavy atom. The molecular weight excluding hydrogens is 1050 g/mol. The minimum atomic E-state index is -1.70. The number of unbranched alkanes of at least 4 members (excludes halogenated alkanes) is 2. The third-order valence-corrected chi connectivity index (χ3v) is 16.0. The second-order valence-corrected chi connectivity index (χ2v) is 21.5. The number of hydrogen-bond acceptors (Lipinski definition) is 17. The van der Waals surface area contributed by atoms with Crippen molar-refractivity contribution in [3.8, 4) is 5.75 Å². The Balaban J connectivity index is 1.40. The van der Waals surface area contributed by atoms with E-state index in [-0.39, 0.29) is 25.3 Å². The van der Waals surface area contributed by atoms with Gasteiger partial charge in [-0.05, 0) is 49.3 Å². The highest BCUT2D eigenvalue weighted by molar-refractivity contribution is 7.99. The van der Waals surface area contributed by atoms with Gasteiger partial charge in [0, 0.05) is 86.4 Å². The standard InChI is InChI=1S/C53H70N8O17S/c1-5-27(2)47-50(74)55-23-43(68)56-36-26-79-51-34(33-10-9-31(77-4)21-35(33)57-51)17-29(38(63)11-12-42(67)58-47)18-40(65)48(28(3)41(66)25-62)59-49(73)37-22-32(24-61(37)52(75)30(19-39(36)64)20-46(71)72)78-53(76)54-15-7-6-8-16-60-44(69)13-14-45(60)70/h9-10,13-14,21,27-30,32,36-37,41,47-48,57,62,66H,5-8,11-12,15-20,22-26H2,1-4H3,(H,54,76)(H,55,74)(H,56,68)(H,58,67)(H,59,73)(H,71,72)/t27-,28-,29+,30-,32+,36-,37?,41-,47?,48+/m0/s1. The van der Waals surface area contributed by atoms with Crippen LogP contribution in [-0.2, 0) is 63.9 Å². The molecule has 8 amide bonds. The lowest BCUT2D eigenvalue weighted by Crippen LogP contribution is -2.56. The van der Waals surface area contributed by atoms with Crippen LogP contribution in [0.3, 0.4) is 0 Å². The molecule has 10 atom stereocenters. The number of rotatable bonds is 15. The van der Waals surface area contributed by atoms with E-state index < -0.39 is 189 Å². The number of fused-ring (bicyclic) bond motifs is 5. The van der Waals surface area contributed by atoms with Gasteiger partial charge in [0.1, 0.15) is 29.7 Å². The van der Waals surface area contributed by atoms with Crippen LogP contribution in [0.5, 0.6) is 5.75 Å². The number of aliphatic carboxylic acids is 1. The molecule has 0 aliphatic carbocycles. The lowest BCUT2D eigenvalue weighted by atomic mass is 9.83. The molecule has 25 nitrogen and oxygen atoms in total. The summed E-state index contributed by atoms with van der Waals surface area (Å²) >= 11 is 1.03. The van der Waals surface area contributed by atoms with Gasteiger partial charge in [0.25, 0.3) is 11.8 Å². The number of ether oxygens (including phenoxy) is 2. The molecular formula is C53H70N8O17S. The summed E-state index contributed by atoms with van der Waals surface area (Å²) in [7, 11) is 1.46. The van der Waals surface area contributed by atoms with E-state index in [0.29, 0.717) is 52.9 Å². The van der Waals surface area contributed by atoms with Gasteiger partial charge < -0.3 is 61.3 Å². The van der Waals surface area contributed by atoms with Crippen LogP contribution >= 0.6 is 11.8 Å². The number of hydrogen-bond donors (Lipinski definition) is 9. The highest BCUT2D eigenvalue weighted by Crippen LogP contribution is 2.36. The van der Waals surface area contributed by atoms with Crippen LogP contribution in [0.4, 0.5) is 4.79 Å². The summed E-state index contributed by atoms with van der Waals surface area (Å²) in [5, 5.41) is 45.3. The first-order valence-corrected chi connectivity index (χ1v) is 27.5. The number of alkyl carbamates (subject to hydrolysis) is 1. The highest BCUT2D eigenvalue weighted by atomic mass is 32.2. The molecule has 4 aliphatic heterocycles. The number of thioether (sulfide) groups is 1. The average Bonchev–Trinajstić information content (AvgIpc) is 4.17. The number of imide groups is 1. The first-order valence-electron chi connectivity index (χ1n) is 26.5. The predicted octanol–water partition coefficient (Wildman–Crippen LogP) is 0.210. The Hall–Kier alpha value is -7.19. The highest BCUT2D eigenvalue weighted by Gasteiger charge is 2.46. The molecule has 0 radical (unpaired) electrons. The fourth-order valence-electron chi connectivity index (χ4n) is 10.1. The molecule has 6 rings (SSSR count). The lowest BCUT2D eigenvalue weighted by Gasteiger charge is -2.32. The fraction of sp³-hybridized carbons (Fsp3) is 0.585. The summed E-state index contributed by atoms with van der Waals surface area (Å²) in [6, 6.07) is -0.849. The maximum absolute atomic E-state index is 14.9. The Labute approximate surface area is 459 Å². The normalized spacial score (nSPS) is 25.4. The number of aliphatic hydroxyl groups is 2. The van der Waals surface area contributed by atoms with Crippen molar-refractivity contribution in [3.63, 3.8) is 0 Å². The summed E-state index contributed by atoms with van der Waals surface area (Å²) in [4.78, 5) is 170. The zero-order valence-corrected chi connectivity index (χ0v) is 45.4. The average molecular weight is 1120 g/mol. The smallest absolute Gasteiger partial charge is 0.407 e. The van der Waals surface area contributed by atoms with Crippen LogP contribution < -0.4 is 31.3 Å². The van der Waals surface area contributed by atoms with E-state index >= 15 is 0 Å². The summed E-state index contributed by atoms with van der Waals surface area (Å²) in [5.74, 6) is -13.3. The molecule has 1 fully saturated rings. The quantitative estimate of drug-likeness (QED) is 0.0850. The van der Waals surface area contributed by atoms with E-state index in [1.165, 1.54) is 26.2 Å². The molecule has 26 heteroatoms. The van der Waals surface area contributed by atoms with Crippen LogP contribution in [0.25, 0.3) is 10.9 Å². The maximum Gasteiger partial charge on any atom is 0.407 e. The molecule has 1 saturated heterocycles. The first-order chi connectivity index (χ1) is 37.6. The largest absolute Gasteiger partial charge is 0.497 e. The van der Waals surface area contributed by atoms with Crippen molar-refractivity contribution in [1.82, 2.24) is 41.4 Å². The number of carboxylic acid groups (broad SMARTS) is 1. The molecule has 0 spiro atoms. The third-order valence-electron chi connectivity index (χ3n) is 14.9. The van der Waals surface area contributed by atoms with Gasteiger partial charge in [-0.2, -0.15) is 0 Å². The van der Waals surface area contributed by atoms with E-state index in [1.807, 2.05) is 0 Å². The number of benzene rings is 1. The number of Topliss-reactive ketones (excluding diaryl/α,β-unsaturated/α-hetero) is 3. The van der Waals surface area contributed by atoms with Gasteiger partial charge in [0.2, 0.25) is 29.5 Å². The first kappa shape index (κ1) is 61.0. The summed E-state index contributed by atoms with van der Waals surface area (Å²) in [5.41, 5.74) is 0.988. The number of methoxy groups -OCH3 is 1. The van der Waals surface area contributed by atoms with Gasteiger partial charge in [0.05, 0.1) is 67.9 Å². The minimum absolute atomic E-state index is 0.0867. The number of nitrogens with zero attached hydrogens (tertiary/aromatic N) is 2. The number of aromatic amines is 1. The van der Waals surface area contributed by atoms with Crippen LogP contribution in [0.2, 0.25) is 0 Å². The number of aromatic nitrogens is 1. The van der Waals surface area contributed by atoms with E-state index in [9.17, 15) is 72.9 Å². The molecule has 2 aromatic rings. The number of ketones is 3. The van der Waals surface area contributed by atoms with Gasteiger partial charge in [-0.3, -0.25) is 57.6 Å². The van der Waals surface area contributed by atoms with Gasteiger partial charge in [0.15, 0.2) is 11.6 Å². The Kier molecular flexibility index (Phi) is 21.7. The predicted molar refractivity (Wildman–Crippen MR) is 281 cm³/mol. The number of carboxylic acids is 1. The van der Waals surface area contributed by atoms with E-state index in [4.69, 9.17) is 9.47 Å². The summed E-state index contributed by atoms with van der Waals surface area (Å²) in [6.07, 6.45) is -3.47. The van der Waals surface area contributed by atoms with Gasteiger partial charge >= 0.3 is 12.1 Å². The number of carbonyl (C=O) groups is 12. The second kappa shape index (κ2) is 28.1. The number of carbonyl (C=O) groups excluding carboxylic acids is 11. The summed E-state index contributed by atoms with van der Waals surface area (Å²) < 4.78 is 11.1. The van der Waals surface area contributed by atoms with E-state index in [2.05, 4.69) is 31.6 Å². The Morgan fingerprint density at radius 1 is 0.861 bits per heavy atom. The fourth-order valence-corrected chi connectivity index (χ4v) is 11.2. The minimum Gasteiger partial charge on any atom is -0.497 e. The van der Waals surface area contributed by atoms with Crippen LogP contribution in [0, 0.1) is 23.7 Å². The molecule has 9 N–H and O–H groups in total. The molecule has 1 aromatic heterocycles. The zero-order chi connectivity index (χ0) is 57.7. The number of amides is 8. The van der Waals surface area contributed by atoms with Crippen molar-refractivity contribution in [2.45, 2.75) is 133 Å². The SMILES string of the molecule is CC[C@H](C)C1NC(=O)CCC(=O)[C@H]2CC(=O)[C@@H]([C@@H](C)[C@@H](O)CO)NC(=O)C3C[C@@H](OC(=O)NCCCCCN4C(=O)C=CC4=O)CN3C(=O)[C@H](CC(=O)O)CC(=O)[C@H](CSc3[nH]c4cc(OC)ccc4c3C2)NC(=O)CNC1=O. The molecule has 79 heavy (non-hydrogen) atoms. The Bertz CT molecular complexity index is 2690. The van der Waals surface area contributed by atoms with Crippen molar-refractivity contribution in [3.05, 3.63) is 35.9 Å². The van der Waals surface area contributed by atoms with Crippen molar-refractivity contribution in [1.29, 1.82) is 0 Å². The number of aliphatic hydroxyl groups excluding tert-OH is 2. The van der Waals surface area contributed by atoms with Crippen molar-refractivity contribution in [2.75, 3.05) is 45.6 Å². The molecule has 0 saturated carbocycles. The molecule has 430 valence electrons. The molecule has 1 aromatic carbocycles. The van der Waals surface area contributed by atoms with E-state index in [0.717, 1.165) is 21.6 Å². The van der Waals surface area contributed by atoms with Crippen LogP contribution in [0.15, 0.2) is 35.4 Å². The summed E-state index contributed by atoms with van der Waals surface area (Å²) in [6.45, 7) is 3.07. The van der Waals surface area contributed by atoms with Gasteiger partial charge in [-0.25, -0.2) is 4.79 Å². The second-order valence-electron chi connectivity index (χ2n) is 20.4. The van der Waals surface area contributed by atoms with Gasteiger partial charge in [-0.15, -0.1) is 11.8 Å². The molecule has 5 heterocycles. The number of H-pyrrole nitrogens is 1. The molecule has 4 aliphatic rings. The lowest BCUT2D eigenvalue weighted by molar-refractivity contribution is -0.148. The van der Waals surface area contributed by atoms with Crippen molar-refractivity contribution >= 4 is 93.4 Å². The van der Waals surface area contributed by atoms with Crippen LogP contribution in [-0.4, -0.2) is 183 Å². The van der Waals surface area contributed by atoms with Crippen LogP contribution in [0.1, 0.15) is 90.5 Å². The number of nitrogens with one attached hydrogen (secondary N) is 6. The molecule has 2 bridgehead atoms. The Morgan fingerprint density at radius 2 is 1.59 bits per heavy atom. The van der Waals surface area contributed by atoms with Gasteiger partial charge in [-0.1, -0.05) is 27.2 Å². The molecule has 2 unspecified atom stereocenters. The topological polar surface area (TPSA) is 366 Å². The zero-order valence-electron chi connectivity index (χ0n) is 44.5. The third kappa shape index (κ3) is 16.0. The monoisotopic (exact) mass is 1120 g/mol. The maximum atomic E-state index is 14.9. The van der Waals surface area contributed by atoms with Crippen molar-refractivity contribution in [2.24, 2.45) is 23.7 Å². The van der Waals surface area contributed by atoms with E-state index in [1.54, 1.807) is 32.0 Å².